The molecule has 0 atom stereocenters. The smallest absolute Gasteiger partial charge is 0.354 e. The molecule has 6 nitrogen and oxygen atoms in total. The molecule has 0 aliphatic carbocycles. The molecule has 3 aromatic heterocycles. The third kappa shape index (κ3) is 2.43. The molecule has 2 N–H and O–H groups in total. The number of hydrogen-bond acceptors (Lipinski definition) is 6. The lowest BCUT2D eigenvalue weighted by Gasteiger charge is -2.06. The van der Waals surface area contributed by atoms with Gasteiger partial charge >= 0.3 is 5.97 Å². The van der Waals surface area contributed by atoms with Gasteiger partial charge in [-0.1, -0.05) is 6.07 Å². The maximum Gasteiger partial charge on any atom is 0.354 e. The SMILES string of the molecule is O=C(O)c1ccc(CNc2ncnc3ccsc23)cn1. The van der Waals surface area contributed by atoms with Crippen molar-refractivity contribution in [2.45, 2.75) is 6.54 Å². The van der Waals surface area contributed by atoms with E-state index in [9.17, 15) is 4.79 Å². The van der Waals surface area contributed by atoms with Crippen molar-refractivity contribution in [1.29, 1.82) is 0 Å². The van der Waals surface area contributed by atoms with Crippen LogP contribution in [0.15, 0.2) is 36.1 Å². The summed E-state index contributed by atoms with van der Waals surface area (Å²) in [5.74, 6) is -0.257. The van der Waals surface area contributed by atoms with Gasteiger partial charge in [0.05, 0.1) is 10.2 Å². The van der Waals surface area contributed by atoms with Crippen molar-refractivity contribution >= 4 is 33.3 Å². The normalized spacial score (nSPS) is 10.6. The van der Waals surface area contributed by atoms with Crippen LogP contribution in [0.3, 0.4) is 0 Å². The molecule has 0 fully saturated rings. The first-order valence-corrected chi connectivity index (χ1v) is 6.72. The quantitative estimate of drug-likeness (QED) is 0.765. The van der Waals surface area contributed by atoms with Crippen LogP contribution < -0.4 is 5.32 Å². The van der Waals surface area contributed by atoms with Gasteiger partial charge in [-0.05, 0) is 23.1 Å². The molecular formula is C13H10N4O2S. The minimum absolute atomic E-state index is 0.0384. The number of aromatic carboxylic acids is 1. The van der Waals surface area contributed by atoms with Crippen molar-refractivity contribution in [1.82, 2.24) is 15.0 Å². The molecule has 3 heterocycles. The highest BCUT2D eigenvalue weighted by Crippen LogP contribution is 2.24. The maximum absolute atomic E-state index is 10.7. The Balaban J connectivity index is 1.76. The lowest BCUT2D eigenvalue weighted by molar-refractivity contribution is 0.0690. The largest absolute Gasteiger partial charge is 0.477 e. The second-order valence-electron chi connectivity index (χ2n) is 4.07. The number of thiophene rings is 1. The average Bonchev–Trinajstić information content (AvgIpc) is 2.94. The van der Waals surface area contributed by atoms with Crippen LogP contribution in [0.25, 0.3) is 10.2 Å². The van der Waals surface area contributed by atoms with Crippen LogP contribution in [0.1, 0.15) is 16.1 Å². The molecule has 0 saturated heterocycles. The van der Waals surface area contributed by atoms with E-state index < -0.39 is 5.97 Å². The van der Waals surface area contributed by atoms with Gasteiger partial charge in [0, 0.05) is 12.7 Å². The van der Waals surface area contributed by atoms with Crippen molar-refractivity contribution in [3.05, 3.63) is 47.4 Å². The number of nitrogens with one attached hydrogen (secondary N) is 1. The number of fused-ring (bicyclic) bond motifs is 1. The van der Waals surface area contributed by atoms with Crippen LogP contribution in [0, 0.1) is 0 Å². The fraction of sp³-hybridized carbons (Fsp3) is 0.0769. The number of rotatable bonds is 4. The van der Waals surface area contributed by atoms with Gasteiger partial charge in [0.25, 0.3) is 0 Å². The summed E-state index contributed by atoms with van der Waals surface area (Å²) in [6.45, 7) is 0.525. The topological polar surface area (TPSA) is 88.0 Å². The van der Waals surface area contributed by atoms with Crippen LogP contribution in [-0.2, 0) is 6.54 Å². The lowest BCUT2D eigenvalue weighted by Crippen LogP contribution is -2.04. The number of nitrogens with zero attached hydrogens (tertiary/aromatic N) is 3. The Morgan fingerprint density at radius 2 is 2.15 bits per heavy atom. The van der Waals surface area contributed by atoms with Crippen LogP contribution in [0.5, 0.6) is 0 Å². The number of pyridine rings is 1. The molecular weight excluding hydrogens is 276 g/mol. The van der Waals surface area contributed by atoms with Crippen molar-refractivity contribution < 1.29 is 9.90 Å². The van der Waals surface area contributed by atoms with E-state index in [4.69, 9.17) is 5.11 Å². The first-order valence-electron chi connectivity index (χ1n) is 5.84. The first kappa shape index (κ1) is 12.5. The van der Waals surface area contributed by atoms with E-state index in [1.807, 2.05) is 11.4 Å². The van der Waals surface area contributed by atoms with Crippen LogP contribution in [0.4, 0.5) is 5.82 Å². The molecule has 20 heavy (non-hydrogen) atoms. The Morgan fingerprint density at radius 1 is 1.25 bits per heavy atom. The van der Waals surface area contributed by atoms with Gasteiger partial charge in [-0.2, -0.15) is 0 Å². The Bertz CT molecular complexity index is 754. The fourth-order valence-corrected chi connectivity index (χ4v) is 2.57. The summed E-state index contributed by atoms with van der Waals surface area (Å²) < 4.78 is 1.00. The zero-order valence-electron chi connectivity index (χ0n) is 10.3. The van der Waals surface area contributed by atoms with Crippen LogP contribution >= 0.6 is 11.3 Å². The van der Waals surface area contributed by atoms with Gasteiger partial charge in [0.1, 0.15) is 17.8 Å². The molecule has 7 heteroatoms. The summed E-state index contributed by atoms with van der Waals surface area (Å²) in [4.78, 5) is 23.0. The number of hydrogen-bond donors (Lipinski definition) is 2. The van der Waals surface area contributed by atoms with Crippen LogP contribution in [0.2, 0.25) is 0 Å². The molecule has 0 aliphatic heterocycles. The molecule has 0 aromatic carbocycles. The summed E-state index contributed by atoms with van der Waals surface area (Å²) in [5, 5.41) is 14.0. The Hall–Kier alpha value is -2.54. The summed E-state index contributed by atoms with van der Waals surface area (Å²) >= 11 is 1.57. The first-order chi connectivity index (χ1) is 9.74. The molecule has 0 unspecified atom stereocenters. The average molecular weight is 286 g/mol. The maximum atomic E-state index is 10.7. The molecule has 0 radical (unpaired) electrons. The predicted molar refractivity (Wildman–Crippen MR) is 75.9 cm³/mol. The van der Waals surface area contributed by atoms with E-state index in [1.165, 1.54) is 12.4 Å². The molecule has 3 rings (SSSR count). The molecule has 0 bridgehead atoms. The monoisotopic (exact) mass is 286 g/mol. The van der Waals surface area contributed by atoms with Gasteiger partial charge < -0.3 is 10.4 Å². The summed E-state index contributed by atoms with van der Waals surface area (Å²) in [5.41, 5.74) is 1.83. The number of carbonyl (C=O) groups is 1. The predicted octanol–water partition coefficient (Wildman–Crippen LogP) is 2.40. The van der Waals surface area contributed by atoms with E-state index >= 15 is 0 Å². The van der Waals surface area contributed by atoms with Crippen molar-refractivity contribution in [2.24, 2.45) is 0 Å². The van der Waals surface area contributed by atoms with E-state index in [2.05, 4.69) is 20.3 Å². The second kappa shape index (κ2) is 5.22. The number of anilines is 1. The van der Waals surface area contributed by atoms with E-state index in [0.29, 0.717) is 6.54 Å². The fourth-order valence-electron chi connectivity index (χ4n) is 1.76. The zero-order valence-corrected chi connectivity index (χ0v) is 11.1. The van der Waals surface area contributed by atoms with Crippen molar-refractivity contribution in [2.75, 3.05) is 5.32 Å². The number of aromatic nitrogens is 3. The highest BCUT2D eigenvalue weighted by molar-refractivity contribution is 7.17. The van der Waals surface area contributed by atoms with Gasteiger partial charge in [-0.3, -0.25) is 0 Å². The highest BCUT2D eigenvalue weighted by atomic mass is 32.1. The van der Waals surface area contributed by atoms with Gasteiger partial charge in [0.2, 0.25) is 0 Å². The summed E-state index contributed by atoms with van der Waals surface area (Å²) in [6.07, 6.45) is 3.06. The minimum atomic E-state index is -1.03. The minimum Gasteiger partial charge on any atom is -0.477 e. The molecule has 0 spiro atoms. The Labute approximate surface area is 118 Å². The van der Waals surface area contributed by atoms with Crippen molar-refractivity contribution in [3.8, 4) is 0 Å². The number of carboxylic acids is 1. The van der Waals surface area contributed by atoms with Gasteiger partial charge in [-0.15, -0.1) is 11.3 Å². The number of carboxylic acid groups (broad SMARTS) is 1. The zero-order chi connectivity index (χ0) is 13.9. The Morgan fingerprint density at radius 3 is 2.90 bits per heavy atom. The second-order valence-corrected chi connectivity index (χ2v) is 4.98. The standard InChI is InChI=1S/C13H10N4O2S/c18-13(19)10-2-1-8(5-14-10)6-15-12-11-9(3-4-20-11)16-7-17-12/h1-5,7H,6H2,(H,18,19)(H,15,16,17). The molecule has 0 amide bonds. The molecule has 0 saturated carbocycles. The van der Waals surface area contributed by atoms with E-state index in [-0.39, 0.29) is 5.69 Å². The summed E-state index contributed by atoms with van der Waals surface area (Å²) in [6, 6.07) is 5.16. The van der Waals surface area contributed by atoms with Crippen LogP contribution in [-0.4, -0.2) is 26.0 Å². The van der Waals surface area contributed by atoms with Gasteiger partial charge in [0.15, 0.2) is 0 Å². The summed E-state index contributed by atoms with van der Waals surface area (Å²) in [7, 11) is 0. The third-order valence-electron chi connectivity index (χ3n) is 2.75. The molecule has 0 aliphatic rings. The molecule has 100 valence electrons. The third-order valence-corrected chi connectivity index (χ3v) is 3.66. The van der Waals surface area contributed by atoms with Crippen molar-refractivity contribution in [3.63, 3.8) is 0 Å². The Kier molecular flexibility index (Phi) is 3.26. The van der Waals surface area contributed by atoms with E-state index in [1.54, 1.807) is 23.6 Å². The lowest BCUT2D eigenvalue weighted by atomic mass is 10.2. The molecule has 3 aromatic rings. The highest BCUT2D eigenvalue weighted by Gasteiger charge is 2.06. The van der Waals surface area contributed by atoms with Gasteiger partial charge in [-0.25, -0.2) is 19.7 Å². The van der Waals surface area contributed by atoms with E-state index in [0.717, 1.165) is 21.6 Å².